The number of esters is 1. The molecule has 0 aromatic heterocycles. The van der Waals surface area contributed by atoms with Crippen molar-refractivity contribution in [2.75, 3.05) is 18.6 Å². The number of nitro benzene ring substituents is 1. The number of carbonyl (C=O) groups excluding carboxylic acids is 1. The summed E-state index contributed by atoms with van der Waals surface area (Å²) in [5, 5.41) is 11.0. The zero-order valence-electron chi connectivity index (χ0n) is 12.4. The molecule has 2 aromatic carbocycles. The molecule has 0 aliphatic carbocycles. The SMILES string of the molecule is COc1ccc(CN2CC(=O)Oc3ccc([N+](=O)[O-])cc32)cc1. The van der Waals surface area contributed by atoms with Crippen molar-refractivity contribution in [2.24, 2.45) is 0 Å². The highest BCUT2D eigenvalue weighted by Gasteiger charge is 2.26. The highest BCUT2D eigenvalue weighted by atomic mass is 16.6. The lowest BCUT2D eigenvalue weighted by Gasteiger charge is -2.29. The van der Waals surface area contributed by atoms with E-state index in [0.717, 1.165) is 11.3 Å². The second kappa shape index (κ2) is 5.96. The molecule has 0 spiro atoms. The van der Waals surface area contributed by atoms with Gasteiger partial charge >= 0.3 is 5.97 Å². The van der Waals surface area contributed by atoms with Crippen molar-refractivity contribution in [1.82, 2.24) is 0 Å². The number of anilines is 1. The predicted octanol–water partition coefficient (Wildman–Crippen LogP) is 2.53. The van der Waals surface area contributed by atoms with Gasteiger partial charge in [-0.15, -0.1) is 0 Å². The van der Waals surface area contributed by atoms with Crippen LogP contribution < -0.4 is 14.4 Å². The Hall–Kier alpha value is -3.09. The predicted molar refractivity (Wildman–Crippen MR) is 82.8 cm³/mol. The number of nitrogens with zero attached hydrogens (tertiary/aromatic N) is 2. The molecule has 3 rings (SSSR count). The number of hydrogen-bond donors (Lipinski definition) is 0. The van der Waals surface area contributed by atoms with Gasteiger partial charge in [-0.25, -0.2) is 4.79 Å². The Morgan fingerprint density at radius 3 is 2.65 bits per heavy atom. The number of rotatable bonds is 4. The molecule has 7 nitrogen and oxygen atoms in total. The third-order valence-electron chi connectivity index (χ3n) is 3.57. The van der Waals surface area contributed by atoms with Crippen LogP contribution in [0.3, 0.4) is 0 Å². The van der Waals surface area contributed by atoms with Crippen LogP contribution >= 0.6 is 0 Å². The van der Waals surface area contributed by atoms with Crippen molar-refractivity contribution in [2.45, 2.75) is 6.54 Å². The van der Waals surface area contributed by atoms with Gasteiger partial charge in [-0.3, -0.25) is 10.1 Å². The third kappa shape index (κ3) is 3.08. The Morgan fingerprint density at radius 1 is 1.26 bits per heavy atom. The fourth-order valence-electron chi connectivity index (χ4n) is 2.44. The van der Waals surface area contributed by atoms with E-state index in [1.807, 2.05) is 24.3 Å². The monoisotopic (exact) mass is 314 g/mol. The Labute approximate surface area is 132 Å². The van der Waals surface area contributed by atoms with Crippen molar-refractivity contribution in [3.63, 3.8) is 0 Å². The first-order chi connectivity index (χ1) is 11.1. The maximum absolute atomic E-state index is 11.7. The molecule has 1 aliphatic heterocycles. The number of non-ortho nitro benzene ring substituents is 1. The average Bonchev–Trinajstić information content (AvgIpc) is 2.55. The minimum Gasteiger partial charge on any atom is -0.497 e. The number of carbonyl (C=O) groups is 1. The fraction of sp³-hybridized carbons (Fsp3) is 0.188. The van der Waals surface area contributed by atoms with E-state index < -0.39 is 4.92 Å². The van der Waals surface area contributed by atoms with E-state index in [-0.39, 0.29) is 18.2 Å². The molecule has 0 fully saturated rings. The van der Waals surface area contributed by atoms with E-state index in [1.165, 1.54) is 18.2 Å². The molecule has 118 valence electrons. The van der Waals surface area contributed by atoms with E-state index in [4.69, 9.17) is 9.47 Å². The minimum atomic E-state index is -0.470. The highest BCUT2D eigenvalue weighted by molar-refractivity contribution is 5.85. The summed E-state index contributed by atoms with van der Waals surface area (Å²) in [6.07, 6.45) is 0. The van der Waals surface area contributed by atoms with Crippen LogP contribution in [0, 0.1) is 10.1 Å². The quantitative estimate of drug-likeness (QED) is 0.373. The van der Waals surface area contributed by atoms with Crippen LogP contribution in [-0.4, -0.2) is 24.5 Å². The van der Waals surface area contributed by atoms with Crippen LogP contribution in [0.4, 0.5) is 11.4 Å². The van der Waals surface area contributed by atoms with Gasteiger partial charge in [-0.2, -0.15) is 0 Å². The third-order valence-corrected chi connectivity index (χ3v) is 3.57. The van der Waals surface area contributed by atoms with Crippen molar-refractivity contribution in [3.05, 3.63) is 58.1 Å². The fourth-order valence-corrected chi connectivity index (χ4v) is 2.44. The first kappa shape index (κ1) is 14.8. The average molecular weight is 314 g/mol. The number of benzene rings is 2. The molecular formula is C16H14N2O5. The lowest BCUT2D eigenvalue weighted by Crippen LogP contribution is -2.36. The van der Waals surface area contributed by atoms with Crippen LogP contribution in [0.5, 0.6) is 11.5 Å². The van der Waals surface area contributed by atoms with Crippen molar-refractivity contribution in [3.8, 4) is 11.5 Å². The Balaban J connectivity index is 1.91. The van der Waals surface area contributed by atoms with Crippen LogP contribution in [0.15, 0.2) is 42.5 Å². The van der Waals surface area contributed by atoms with Crippen molar-refractivity contribution >= 4 is 17.3 Å². The summed E-state index contributed by atoms with van der Waals surface area (Å²) < 4.78 is 10.3. The molecule has 0 N–H and O–H groups in total. The van der Waals surface area contributed by atoms with Crippen molar-refractivity contribution < 1.29 is 19.2 Å². The summed E-state index contributed by atoms with van der Waals surface area (Å²) in [4.78, 5) is 24.0. The number of methoxy groups -OCH3 is 1. The second-order valence-electron chi connectivity index (χ2n) is 5.09. The van der Waals surface area contributed by atoms with E-state index in [9.17, 15) is 14.9 Å². The zero-order valence-corrected chi connectivity index (χ0v) is 12.4. The molecule has 1 heterocycles. The molecule has 23 heavy (non-hydrogen) atoms. The van der Waals surface area contributed by atoms with Crippen LogP contribution in [0.1, 0.15) is 5.56 Å². The Morgan fingerprint density at radius 2 is 2.00 bits per heavy atom. The van der Waals surface area contributed by atoms with Crippen LogP contribution in [-0.2, 0) is 11.3 Å². The number of fused-ring (bicyclic) bond motifs is 1. The molecule has 0 atom stereocenters. The molecule has 2 aromatic rings. The molecule has 0 unspecified atom stereocenters. The van der Waals surface area contributed by atoms with Crippen molar-refractivity contribution in [1.29, 1.82) is 0 Å². The van der Waals surface area contributed by atoms with Gasteiger partial charge in [0.05, 0.1) is 17.7 Å². The smallest absolute Gasteiger partial charge is 0.331 e. The first-order valence-electron chi connectivity index (χ1n) is 6.94. The first-order valence-corrected chi connectivity index (χ1v) is 6.94. The summed E-state index contributed by atoms with van der Waals surface area (Å²) in [5.41, 5.74) is 1.45. The molecule has 0 bridgehead atoms. The molecule has 0 radical (unpaired) electrons. The van der Waals surface area contributed by atoms with E-state index in [0.29, 0.717) is 18.0 Å². The lowest BCUT2D eigenvalue weighted by molar-refractivity contribution is -0.384. The topological polar surface area (TPSA) is 81.9 Å². The van der Waals surface area contributed by atoms with E-state index in [2.05, 4.69) is 0 Å². The summed E-state index contributed by atoms with van der Waals surface area (Å²) in [5.74, 6) is 0.683. The minimum absolute atomic E-state index is 0.0403. The van der Waals surface area contributed by atoms with Gasteiger partial charge in [-0.05, 0) is 23.8 Å². The molecule has 7 heteroatoms. The summed E-state index contributed by atoms with van der Waals surface area (Å²) >= 11 is 0. The maximum atomic E-state index is 11.7. The normalized spacial score (nSPS) is 13.3. The lowest BCUT2D eigenvalue weighted by atomic mass is 10.1. The molecule has 0 amide bonds. The van der Waals surface area contributed by atoms with Gasteiger partial charge in [0.1, 0.15) is 12.3 Å². The summed E-state index contributed by atoms with van der Waals surface area (Å²) in [6, 6.07) is 11.6. The van der Waals surface area contributed by atoms with Crippen LogP contribution in [0.25, 0.3) is 0 Å². The number of ether oxygens (including phenoxy) is 2. The Bertz CT molecular complexity index is 758. The van der Waals surface area contributed by atoms with Gasteiger partial charge < -0.3 is 14.4 Å². The van der Waals surface area contributed by atoms with Gasteiger partial charge in [0, 0.05) is 18.7 Å². The van der Waals surface area contributed by atoms with Gasteiger partial charge in [0.25, 0.3) is 5.69 Å². The second-order valence-corrected chi connectivity index (χ2v) is 5.09. The summed E-state index contributed by atoms with van der Waals surface area (Å²) in [7, 11) is 1.59. The van der Waals surface area contributed by atoms with Gasteiger partial charge in [-0.1, -0.05) is 12.1 Å². The molecule has 0 saturated heterocycles. The van der Waals surface area contributed by atoms with Gasteiger partial charge in [0.2, 0.25) is 0 Å². The standard InChI is InChI=1S/C16H14N2O5/c1-22-13-5-2-11(3-6-13)9-17-10-16(19)23-15-7-4-12(18(20)21)8-14(15)17/h2-8H,9-10H2,1H3. The Kier molecular flexibility index (Phi) is 3.84. The molecule has 1 aliphatic rings. The molecular weight excluding hydrogens is 300 g/mol. The van der Waals surface area contributed by atoms with E-state index >= 15 is 0 Å². The highest BCUT2D eigenvalue weighted by Crippen LogP contribution is 2.36. The van der Waals surface area contributed by atoms with Crippen LogP contribution in [0.2, 0.25) is 0 Å². The zero-order chi connectivity index (χ0) is 16.4. The summed E-state index contributed by atoms with van der Waals surface area (Å²) in [6.45, 7) is 0.480. The number of hydrogen-bond acceptors (Lipinski definition) is 6. The maximum Gasteiger partial charge on any atom is 0.331 e. The van der Waals surface area contributed by atoms with Gasteiger partial charge in [0.15, 0.2) is 5.75 Å². The number of nitro groups is 1. The van der Waals surface area contributed by atoms with E-state index in [1.54, 1.807) is 12.0 Å². The molecule has 0 saturated carbocycles. The largest absolute Gasteiger partial charge is 0.497 e.